The van der Waals surface area contributed by atoms with E-state index in [-0.39, 0.29) is 18.2 Å². The van der Waals surface area contributed by atoms with Gasteiger partial charge >= 0.3 is 0 Å². The predicted molar refractivity (Wildman–Crippen MR) is 92.1 cm³/mol. The van der Waals surface area contributed by atoms with Crippen LogP contribution in [0.2, 0.25) is 0 Å². The Kier molecular flexibility index (Phi) is 7.16. The molecule has 1 heterocycles. The zero-order chi connectivity index (χ0) is 17.4. The van der Waals surface area contributed by atoms with Crippen molar-refractivity contribution >= 4 is 15.9 Å². The van der Waals surface area contributed by atoms with Crippen molar-refractivity contribution in [2.24, 2.45) is 0 Å². The number of rotatable bonds is 8. The van der Waals surface area contributed by atoms with E-state index in [1.54, 1.807) is 12.1 Å². The van der Waals surface area contributed by atoms with Gasteiger partial charge in [0.15, 0.2) is 0 Å². The number of hydrogen-bond acceptors (Lipinski definition) is 5. The lowest BCUT2D eigenvalue weighted by Gasteiger charge is -2.26. The van der Waals surface area contributed by atoms with Gasteiger partial charge in [-0.25, -0.2) is 13.1 Å². The molecule has 24 heavy (non-hydrogen) atoms. The maximum Gasteiger partial charge on any atom is 0.235 e. The highest BCUT2D eigenvalue weighted by molar-refractivity contribution is 7.88. The lowest BCUT2D eigenvalue weighted by molar-refractivity contribution is -0.120. The molecule has 134 valence electrons. The Hall–Kier alpha value is -1.48. The number of aryl methyl sites for hydroxylation is 1. The average molecular weight is 355 g/mol. The van der Waals surface area contributed by atoms with Crippen LogP contribution in [0, 0.1) is 6.92 Å². The van der Waals surface area contributed by atoms with E-state index in [9.17, 15) is 13.2 Å². The highest BCUT2D eigenvalue weighted by Gasteiger charge is 2.15. The minimum absolute atomic E-state index is 0.124. The molecule has 1 aliphatic heterocycles. The molecule has 0 atom stereocenters. The van der Waals surface area contributed by atoms with Crippen LogP contribution in [0.1, 0.15) is 11.1 Å². The van der Waals surface area contributed by atoms with Crippen molar-refractivity contribution < 1.29 is 17.9 Å². The maximum atomic E-state index is 12.1. The van der Waals surface area contributed by atoms with Gasteiger partial charge in [-0.1, -0.05) is 24.3 Å². The fourth-order valence-corrected chi connectivity index (χ4v) is 3.63. The second-order valence-electron chi connectivity index (χ2n) is 5.81. The fraction of sp³-hybridized carbons (Fsp3) is 0.562. The van der Waals surface area contributed by atoms with E-state index in [1.165, 1.54) is 0 Å². The minimum atomic E-state index is -3.54. The van der Waals surface area contributed by atoms with Crippen molar-refractivity contribution in [3.8, 4) is 0 Å². The first-order chi connectivity index (χ1) is 11.5. The summed E-state index contributed by atoms with van der Waals surface area (Å²) >= 11 is 0. The molecule has 0 aliphatic carbocycles. The molecule has 1 aromatic carbocycles. The van der Waals surface area contributed by atoms with Crippen LogP contribution >= 0.6 is 0 Å². The van der Waals surface area contributed by atoms with Crippen LogP contribution in [0.3, 0.4) is 0 Å². The quantitative estimate of drug-likeness (QED) is 0.678. The van der Waals surface area contributed by atoms with Crippen molar-refractivity contribution in [2.75, 3.05) is 45.9 Å². The summed E-state index contributed by atoms with van der Waals surface area (Å²) in [5, 5.41) is 2.73. The highest BCUT2D eigenvalue weighted by atomic mass is 32.2. The van der Waals surface area contributed by atoms with E-state index in [4.69, 9.17) is 4.74 Å². The number of carbonyl (C=O) groups is 1. The molecule has 1 amide bonds. The van der Waals surface area contributed by atoms with Gasteiger partial charge in [0.05, 0.1) is 25.5 Å². The van der Waals surface area contributed by atoms with Gasteiger partial charge in [-0.05, 0) is 18.1 Å². The van der Waals surface area contributed by atoms with Gasteiger partial charge in [-0.3, -0.25) is 9.69 Å². The summed E-state index contributed by atoms with van der Waals surface area (Å²) in [5.41, 5.74) is 1.65. The molecule has 0 spiro atoms. The Morgan fingerprint density at radius 3 is 2.67 bits per heavy atom. The number of benzene rings is 1. The van der Waals surface area contributed by atoms with Crippen LogP contribution in [0.25, 0.3) is 0 Å². The molecular weight excluding hydrogens is 330 g/mol. The molecule has 2 N–H and O–H groups in total. The van der Waals surface area contributed by atoms with E-state index in [1.807, 2.05) is 19.1 Å². The summed E-state index contributed by atoms with van der Waals surface area (Å²) in [7, 11) is -3.54. The fourth-order valence-electron chi connectivity index (χ4n) is 2.44. The summed E-state index contributed by atoms with van der Waals surface area (Å²) < 4.78 is 31.7. The summed E-state index contributed by atoms with van der Waals surface area (Å²) in [6, 6.07) is 7.30. The van der Waals surface area contributed by atoms with Crippen molar-refractivity contribution in [2.45, 2.75) is 12.7 Å². The Morgan fingerprint density at radius 2 is 1.96 bits per heavy atom. The Balaban J connectivity index is 1.69. The number of amides is 1. The lowest BCUT2D eigenvalue weighted by atomic mass is 10.1. The van der Waals surface area contributed by atoms with Crippen LogP contribution in [0.15, 0.2) is 24.3 Å². The van der Waals surface area contributed by atoms with Crippen molar-refractivity contribution in [1.29, 1.82) is 0 Å². The number of carbonyl (C=O) groups excluding carboxylic acids is 1. The van der Waals surface area contributed by atoms with Gasteiger partial charge in [0.25, 0.3) is 0 Å². The zero-order valence-corrected chi connectivity index (χ0v) is 14.8. The van der Waals surface area contributed by atoms with Crippen LogP contribution in [0.4, 0.5) is 0 Å². The van der Waals surface area contributed by atoms with Crippen molar-refractivity contribution in [3.05, 3.63) is 35.4 Å². The SMILES string of the molecule is Cc1ccccc1CS(=O)(=O)NCC(=O)NCCN1CCOCC1. The highest BCUT2D eigenvalue weighted by Crippen LogP contribution is 2.10. The first-order valence-electron chi connectivity index (χ1n) is 8.05. The van der Waals surface area contributed by atoms with E-state index < -0.39 is 10.0 Å². The summed E-state index contributed by atoms with van der Waals surface area (Å²) in [6.45, 7) is 6.01. The number of nitrogens with zero attached hydrogens (tertiary/aromatic N) is 1. The molecule has 0 aromatic heterocycles. The van der Waals surface area contributed by atoms with Crippen LogP contribution in [0.5, 0.6) is 0 Å². The molecule has 0 radical (unpaired) electrons. The lowest BCUT2D eigenvalue weighted by Crippen LogP contribution is -2.43. The molecule has 1 aromatic rings. The van der Waals surface area contributed by atoms with Crippen LogP contribution in [-0.4, -0.2) is 65.2 Å². The van der Waals surface area contributed by atoms with Gasteiger partial charge in [0, 0.05) is 26.2 Å². The molecule has 1 aliphatic rings. The topological polar surface area (TPSA) is 87.7 Å². The predicted octanol–water partition coefficient (Wildman–Crippen LogP) is -0.137. The second-order valence-corrected chi connectivity index (χ2v) is 7.62. The van der Waals surface area contributed by atoms with Gasteiger partial charge in [-0.15, -0.1) is 0 Å². The molecule has 0 saturated carbocycles. The van der Waals surface area contributed by atoms with Gasteiger partial charge in [0.1, 0.15) is 0 Å². The molecule has 0 unspecified atom stereocenters. The Morgan fingerprint density at radius 1 is 1.25 bits per heavy atom. The third kappa shape index (κ3) is 6.56. The first kappa shape index (κ1) is 18.9. The normalized spacial score (nSPS) is 16.0. The van der Waals surface area contributed by atoms with Crippen LogP contribution in [-0.2, 0) is 25.3 Å². The number of morpholine rings is 1. The maximum absolute atomic E-state index is 12.1. The second kappa shape index (κ2) is 9.12. The number of nitrogens with one attached hydrogen (secondary N) is 2. The van der Waals surface area contributed by atoms with Crippen LogP contribution < -0.4 is 10.0 Å². The molecule has 2 rings (SSSR count). The standard InChI is InChI=1S/C16H25N3O4S/c1-14-4-2-3-5-15(14)13-24(21,22)18-12-16(20)17-6-7-19-8-10-23-11-9-19/h2-5,18H,6-13H2,1H3,(H,17,20). The summed E-state index contributed by atoms with van der Waals surface area (Å²) in [5.74, 6) is -0.447. The molecule has 1 fully saturated rings. The number of sulfonamides is 1. The van der Waals surface area contributed by atoms with E-state index in [2.05, 4.69) is 14.9 Å². The van der Waals surface area contributed by atoms with Crippen molar-refractivity contribution in [3.63, 3.8) is 0 Å². The number of ether oxygens (including phenoxy) is 1. The largest absolute Gasteiger partial charge is 0.379 e. The third-order valence-corrected chi connectivity index (χ3v) is 5.19. The minimum Gasteiger partial charge on any atom is -0.379 e. The van der Waals surface area contributed by atoms with Crippen molar-refractivity contribution in [1.82, 2.24) is 14.9 Å². The summed E-state index contributed by atoms with van der Waals surface area (Å²) in [6.07, 6.45) is 0. The zero-order valence-electron chi connectivity index (χ0n) is 14.0. The number of hydrogen-bond donors (Lipinski definition) is 2. The van der Waals surface area contributed by atoms with Gasteiger partial charge in [0.2, 0.25) is 15.9 Å². The van der Waals surface area contributed by atoms with E-state index in [0.717, 1.165) is 30.8 Å². The first-order valence-corrected chi connectivity index (χ1v) is 9.70. The van der Waals surface area contributed by atoms with E-state index in [0.29, 0.717) is 19.8 Å². The molecule has 7 nitrogen and oxygen atoms in total. The summed E-state index contributed by atoms with van der Waals surface area (Å²) in [4.78, 5) is 14.0. The third-order valence-electron chi connectivity index (χ3n) is 3.91. The van der Waals surface area contributed by atoms with Gasteiger partial charge in [-0.2, -0.15) is 0 Å². The Labute approximate surface area is 143 Å². The smallest absolute Gasteiger partial charge is 0.235 e. The monoisotopic (exact) mass is 355 g/mol. The molecule has 0 bridgehead atoms. The Bertz CT molecular complexity index is 642. The van der Waals surface area contributed by atoms with E-state index >= 15 is 0 Å². The van der Waals surface area contributed by atoms with Gasteiger partial charge < -0.3 is 10.1 Å². The molecule has 1 saturated heterocycles. The molecule has 8 heteroatoms. The molecular formula is C16H25N3O4S. The average Bonchev–Trinajstić information content (AvgIpc) is 2.56.